The monoisotopic (exact) mass is 241 g/mol. The van der Waals surface area contributed by atoms with E-state index in [0.717, 1.165) is 13.0 Å². The summed E-state index contributed by atoms with van der Waals surface area (Å²) in [5.74, 6) is 1.43. The number of likely N-dealkylation sites (tertiary alicyclic amines) is 1. The van der Waals surface area contributed by atoms with E-state index in [1.165, 1.54) is 12.8 Å². The minimum absolute atomic E-state index is 0.0119. The summed E-state index contributed by atoms with van der Waals surface area (Å²) in [6, 6.07) is -0.0119. The summed E-state index contributed by atoms with van der Waals surface area (Å²) < 4.78 is 5.26. The molecule has 1 saturated heterocycles. The van der Waals surface area contributed by atoms with Gasteiger partial charge in [-0.1, -0.05) is 20.3 Å². The molecule has 2 rings (SSSR count). The first kappa shape index (κ1) is 12.7. The summed E-state index contributed by atoms with van der Waals surface area (Å²) >= 11 is 0. The lowest BCUT2D eigenvalue weighted by molar-refractivity contribution is 0.0692. The number of rotatable bonds is 3. The molecule has 1 amide bonds. The molecule has 1 saturated carbocycles. The Morgan fingerprint density at radius 2 is 2.24 bits per heavy atom. The van der Waals surface area contributed by atoms with Gasteiger partial charge in [0.05, 0.1) is 19.3 Å². The van der Waals surface area contributed by atoms with Gasteiger partial charge in [-0.05, 0) is 30.6 Å². The second-order valence-corrected chi connectivity index (χ2v) is 5.73. The number of ether oxygens (including phenoxy) is 1. The van der Waals surface area contributed by atoms with Gasteiger partial charge in [-0.3, -0.25) is 0 Å². The standard InChI is InChI=1S/C13H23NO3/c1-9(2)8-17-13(16)14-6-10-4-3-5-11(10)12(14)7-15/h9-12,15H,3-8H2,1-2H3. The van der Waals surface area contributed by atoms with Gasteiger partial charge in [0.2, 0.25) is 0 Å². The summed E-state index contributed by atoms with van der Waals surface area (Å²) in [4.78, 5) is 13.7. The van der Waals surface area contributed by atoms with Crippen LogP contribution in [0.2, 0.25) is 0 Å². The van der Waals surface area contributed by atoms with Crippen LogP contribution in [0.25, 0.3) is 0 Å². The Morgan fingerprint density at radius 1 is 1.47 bits per heavy atom. The van der Waals surface area contributed by atoms with E-state index in [1.807, 2.05) is 13.8 Å². The van der Waals surface area contributed by atoms with Crippen molar-refractivity contribution < 1.29 is 14.6 Å². The van der Waals surface area contributed by atoms with Gasteiger partial charge in [0.15, 0.2) is 0 Å². The second kappa shape index (κ2) is 5.25. The zero-order valence-corrected chi connectivity index (χ0v) is 10.8. The first-order valence-electron chi connectivity index (χ1n) is 6.67. The van der Waals surface area contributed by atoms with Crippen molar-refractivity contribution in [1.82, 2.24) is 4.90 Å². The Balaban J connectivity index is 1.94. The predicted molar refractivity (Wildman–Crippen MR) is 64.6 cm³/mol. The molecule has 0 aromatic carbocycles. The molecule has 0 aromatic heterocycles. The van der Waals surface area contributed by atoms with E-state index >= 15 is 0 Å². The zero-order valence-electron chi connectivity index (χ0n) is 10.8. The quantitative estimate of drug-likeness (QED) is 0.820. The highest BCUT2D eigenvalue weighted by Crippen LogP contribution is 2.42. The average Bonchev–Trinajstić information content (AvgIpc) is 2.84. The summed E-state index contributed by atoms with van der Waals surface area (Å²) in [7, 11) is 0. The van der Waals surface area contributed by atoms with Gasteiger partial charge in [0.1, 0.15) is 0 Å². The van der Waals surface area contributed by atoms with Gasteiger partial charge in [-0.2, -0.15) is 0 Å². The van der Waals surface area contributed by atoms with Gasteiger partial charge in [-0.25, -0.2) is 4.79 Å². The third-order valence-electron chi connectivity index (χ3n) is 4.01. The van der Waals surface area contributed by atoms with Crippen LogP contribution in [-0.4, -0.2) is 41.9 Å². The van der Waals surface area contributed by atoms with Gasteiger partial charge in [-0.15, -0.1) is 0 Å². The highest BCUT2D eigenvalue weighted by molar-refractivity contribution is 5.68. The van der Waals surface area contributed by atoms with Crippen LogP contribution in [0, 0.1) is 17.8 Å². The zero-order chi connectivity index (χ0) is 12.4. The number of aliphatic hydroxyl groups is 1. The molecular formula is C13H23NO3. The summed E-state index contributed by atoms with van der Waals surface area (Å²) in [5.41, 5.74) is 0. The van der Waals surface area contributed by atoms with Crippen molar-refractivity contribution in [2.45, 2.75) is 39.2 Å². The summed E-state index contributed by atoms with van der Waals surface area (Å²) in [6.45, 7) is 5.35. The van der Waals surface area contributed by atoms with Crippen LogP contribution >= 0.6 is 0 Å². The van der Waals surface area contributed by atoms with Crippen LogP contribution in [0.15, 0.2) is 0 Å². The molecule has 3 atom stereocenters. The van der Waals surface area contributed by atoms with Crippen molar-refractivity contribution in [1.29, 1.82) is 0 Å². The minimum atomic E-state index is -0.243. The highest BCUT2D eigenvalue weighted by Gasteiger charge is 2.46. The average molecular weight is 241 g/mol. The van der Waals surface area contributed by atoms with Crippen molar-refractivity contribution in [2.24, 2.45) is 17.8 Å². The maximum Gasteiger partial charge on any atom is 0.410 e. The highest BCUT2D eigenvalue weighted by atomic mass is 16.6. The summed E-state index contributed by atoms with van der Waals surface area (Å²) in [5, 5.41) is 9.46. The van der Waals surface area contributed by atoms with E-state index in [9.17, 15) is 9.90 Å². The van der Waals surface area contributed by atoms with Crippen LogP contribution in [0.5, 0.6) is 0 Å². The van der Waals surface area contributed by atoms with Crippen molar-refractivity contribution in [3.8, 4) is 0 Å². The molecule has 1 N–H and O–H groups in total. The Bertz CT molecular complexity index is 280. The molecular weight excluding hydrogens is 218 g/mol. The van der Waals surface area contributed by atoms with Crippen molar-refractivity contribution in [2.75, 3.05) is 19.8 Å². The molecule has 98 valence electrons. The fraction of sp³-hybridized carbons (Fsp3) is 0.923. The smallest absolute Gasteiger partial charge is 0.410 e. The van der Waals surface area contributed by atoms with Crippen LogP contribution < -0.4 is 0 Å². The number of aliphatic hydroxyl groups excluding tert-OH is 1. The Kier molecular flexibility index (Phi) is 3.92. The predicted octanol–water partition coefficient (Wildman–Crippen LogP) is 1.87. The lowest BCUT2D eigenvalue weighted by Gasteiger charge is -2.25. The molecule has 17 heavy (non-hydrogen) atoms. The van der Waals surface area contributed by atoms with Crippen molar-refractivity contribution in [3.63, 3.8) is 0 Å². The molecule has 0 bridgehead atoms. The minimum Gasteiger partial charge on any atom is -0.449 e. The lowest BCUT2D eigenvalue weighted by atomic mass is 9.95. The third kappa shape index (κ3) is 2.57. The van der Waals surface area contributed by atoms with E-state index in [1.54, 1.807) is 4.90 Å². The lowest BCUT2D eigenvalue weighted by Crippen LogP contribution is -2.41. The molecule has 1 heterocycles. The van der Waals surface area contributed by atoms with E-state index in [-0.39, 0.29) is 18.7 Å². The summed E-state index contributed by atoms with van der Waals surface area (Å²) in [6.07, 6.45) is 3.33. The molecule has 0 spiro atoms. The number of carbonyl (C=O) groups excluding carboxylic acids is 1. The van der Waals surface area contributed by atoms with Crippen LogP contribution in [0.4, 0.5) is 4.79 Å². The first-order chi connectivity index (χ1) is 8.13. The topological polar surface area (TPSA) is 49.8 Å². The van der Waals surface area contributed by atoms with Gasteiger partial charge in [0.25, 0.3) is 0 Å². The van der Waals surface area contributed by atoms with E-state index < -0.39 is 0 Å². The second-order valence-electron chi connectivity index (χ2n) is 5.73. The van der Waals surface area contributed by atoms with Crippen molar-refractivity contribution >= 4 is 6.09 Å². The van der Waals surface area contributed by atoms with E-state index in [4.69, 9.17) is 4.74 Å². The third-order valence-corrected chi connectivity index (χ3v) is 4.01. The van der Waals surface area contributed by atoms with Crippen LogP contribution in [0.3, 0.4) is 0 Å². The normalized spacial score (nSPS) is 32.0. The Morgan fingerprint density at radius 3 is 2.88 bits per heavy atom. The van der Waals surface area contributed by atoms with Crippen LogP contribution in [0.1, 0.15) is 33.1 Å². The number of amides is 1. The fourth-order valence-electron chi connectivity index (χ4n) is 3.18. The molecule has 4 heteroatoms. The maximum absolute atomic E-state index is 11.9. The van der Waals surface area contributed by atoms with Gasteiger partial charge in [0, 0.05) is 6.54 Å². The Labute approximate surface area is 103 Å². The molecule has 0 aromatic rings. The van der Waals surface area contributed by atoms with E-state index in [2.05, 4.69) is 0 Å². The van der Waals surface area contributed by atoms with E-state index in [0.29, 0.717) is 24.4 Å². The van der Waals surface area contributed by atoms with Gasteiger partial charge < -0.3 is 14.7 Å². The number of nitrogens with zero attached hydrogens (tertiary/aromatic N) is 1. The molecule has 1 aliphatic heterocycles. The molecule has 0 radical (unpaired) electrons. The van der Waals surface area contributed by atoms with Crippen molar-refractivity contribution in [3.05, 3.63) is 0 Å². The molecule has 3 unspecified atom stereocenters. The maximum atomic E-state index is 11.9. The first-order valence-corrected chi connectivity index (χ1v) is 6.67. The molecule has 2 aliphatic rings. The number of fused-ring (bicyclic) bond motifs is 1. The van der Waals surface area contributed by atoms with Gasteiger partial charge >= 0.3 is 6.09 Å². The van der Waals surface area contributed by atoms with Crippen LogP contribution in [-0.2, 0) is 4.74 Å². The Hall–Kier alpha value is -0.770. The fourth-order valence-corrected chi connectivity index (χ4v) is 3.18. The number of hydrogen-bond acceptors (Lipinski definition) is 3. The number of hydrogen-bond donors (Lipinski definition) is 1. The molecule has 2 fully saturated rings. The molecule has 1 aliphatic carbocycles. The largest absolute Gasteiger partial charge is 0.449 e. The SMILES string of the molecule is CC(C)COC(=O)N1CC2CCCC2C1CO. The number of carbonyl (C=O) groups is 1. The molecule has 4 nitrogen and oxygen atoms in total.